The molecule has 0 saturated heterocycles. The summed E-state index contributed by atoms with van der Waals surface area (Å²) in [5, 5.41) is 18.3. The Bertz CT molecular complexity index is 155. The van der Waals surface area contributed by atoms with Crippen molar-refractivity contribution >= 4 is 0 Å². The average Bonchev–Trinajstić information content (AvgIpc) is 2.66. The van der Waals surface area contributed by atoms with Gasteiger partial charge in [0.2, 0.25) is 0 Å². The maximum Gasteiger partial charge on any atom is 0.0558 e. The molecule has 0 aromatic heterocycles. The van der Waals surface area contributed by atoms with Crippen molar-refractivity contribution in [1.29, 1.82) is 0 Å². The van der Waals surface area contributed by atoms with Crippen molar-refractivity contribution in [3.8, 4) is 0 Å². The average molecular weight is 201 g/mol. The van der Waals surface area contributed by atoms with Crippen LogP contribution in [0, 0.1) is 5.41 Å². The van der Waals surface area contributed by atoms with E-state index in [0.29, 0.717) is 6.61 Å². The van der Waals surface area contributed by atoms with Crippen LogP contribution in [0.3, 0.4) is 0 Å². The van der Waals surface area contributed by atoms with Gasteiger partial charge in [0.05, 0.1) is 6.61 Å². The largest absolute Gasteiger partial charge is 0.396 e. The van der Waals surface area contributed by atoms with Crippen LogP contribution in [0.4, 0.5) is 0 Å². The maximum atomic E-state index is 9.44. The minimum atomic E-state index is 0.130. The second-order valence-corrected chi connectivity index (χ2v) is 4.46. The molecular formula is C11H23NO2. The van der Waals surface area contributed by atoms with Gasteiger partial charge in [-0.1, -0.05) is 19.8 Å². The fourth-order valence-electron chi connectivity index (χ4n) is 2.46. The highest BCUT2D eigenvalue weighted by molar-refractivity contribution is 4.86. The highest BCUT2D eigenvalue weighted by atomic mass is 16.3. The molecule has 0 bridgehead atoms. The van der Waals surface area contributed by atoms with E-state index < -0.39 is 0 Å². The van der Waals surface area contributed by atoms with Gasteiger partial charge in [-0.15, -0.1) is 0 Å². The fourth-order valence-corrected chi connectivity index (χ4v) is 2.46. The zero-order valence-corrected chi connectivity index (χ0v) is 9.21. The summed E-state index contributed by atoms with van der Waals surface area (Å²) >= 11 is 0. The fraction of sp³-hybridized carbons (Fsp3) is 1.00. The lowest BCUT2D eigenvalue weighted by molar-refractivity contribution is 0.0720. The van der Waals surface area contributed by atoms with E-state index in [-0.39, 0.29) is 12.0 Å². The lowest BCUT2D eigenvalue weighted by Gasteiger charge is -2.33. The Balaban J connectivity index is 2.44. The highest BCUT2D eigenvalue weighted by Gasteiger charge is 2.34. The molecule has 1 aliphatic carbocycles. The SMILES string of the molecule is CCN(CCO)CC1(CO)CCCC1. The second kappa shape index (κ2) is 5.69. The summed E-state index contributed by atoms with van der Waals surface area (Å²) in [6.07, 6.45) is 4.78. The van der Waals surface area contributed by atoms with Gasteiger partial charge in [0.25, 0.3) is 0 Å². The van der Waals surface area contributed by atoms with Crippen molar-refractivity contribution < 1.29 is 10.2 Å². The molecule has 0 unspecified atom stereocenters. The molecule has 0 radical (unpaired) electrons. The molecule has 0 aromatic carbocycles. The van der Waals surface area contributed by atoms with Crippen molar-refractivity contribution in [2.75, 3.05) is 32.8 Å². The molecule has 1 aliphatic rings. The molecule has 1 rings (SSSR count). The molecule has 0 spiro atoms. The van der Waals surface area contributed by atoms with Crippen LogP contribution in [0.15, 0.2) is 0 Å². The third kappa shape index (κ3) is 2.94. The van der Waals surface area contributed by atoms with Crippen LogP contribution in [0.1, 0.15) is 32.6 Å². The minimum absolute atomic E-state index is 0.130. The first-order chi connectivity index (χ1) is 6.76. The molecule has 0 heterocycles. The predicted molar refractivity (Wildman–Crippen MR) is 57.2 cm³/mol. The predicted octanol–water partition coefficient (Wildman–Crippen LogP) is 0.853. The summed E-state index contributed by atoms with van der Waals surface area (Å²) in [7, 11) is 0. The first-order valence-corrected chi connectivity index (χ1v) is 5.70. The van der Waals surface area contributed by atoms with Crippen LogP contribution in [-0.4, -0.2) is 48.0 Å². The molecule has 14 heavy (non-hydrogen) atoms. The number of aliphatic hydroxyl groups excluding tert-OH is 2. The van der Waals surface area contributed by atoms with E-state index in [9.17, 15) is 5.11 Å². The third-order valence-electron chi connectivity index (χ3n) is 3.42. The van der Waals surface area contributed by atoms with Crippen LogP contribution in [-0.2, 0) is 0 Å². The minimum Gasteiger partial charge on any atom is -0.396 e. The lowest BCUT2D eigenvalue weighted by atomic mass is 9.86. The Kier molecular flexibility index (Phi) is 4.85. The molecule has 1 fully saturated rings. The van der Waals surface area contributed by atoms with Crippen molar-refractivity contribution in [3.05, 3.63) is 0 Å². The number of hydrogen-bond donors (Lipinski definition) is 2. The molecule has 0 amide bonds. The van der Waals surface area contributed by atoms with E-state index >= 15 is 0 Å². The summed E-state index contributed by atoms with van der Waals surface area (Å²) < 4.78 is 0. The van der Waals surface area contributed by atoms with Crippen molar-refractivity contribution in [1.82, 2.24) is 4.90 Å². The van der Waals surface area contributed by atoms with E-state index in [0.717, 1.165) is 32.5 Å². The van der Waals surface area contributed by atoms with Gasteiger partial charge in [-0.05, 0) is 19.4 Å². The number of hydrogen-bond acceptors (Lipinski definition) is 3. The first-order valence-electron chi connectivity index (χ1n) is 5.70. The number of rotatable bonds is 6. The van der Waals surface area contributed by atoms with Crippen LogP contribution in [0.25, 0.3) is 0 Å². The van der Waals surface area contributed by atoms with E-state index in [1.165, 1.54) is 12.8 Å². The smallest absolute Gasteiger partial charge is 0.0558 e. The zero-order chi connectivity index (χ0) is 10.4. The van der Waals surface area contributed by atoms with E-state index in [1.807, 2.05) is 0 Å². The molecule has 3 heteroatoms. The molecule has 0 aromatic rings. The molecule has 3 nitrogen and oxygen atoms in total. The normalized spacial score (nSPS) is 20.6. The van der Waals surface area contributed by atoms with Gasteiger partial charge in [-0.3, -0.25) is 0 Å². The second-order valence-electron chi connectivity index (χ2n) is 4.46. The monoisotopic (exact) mass is 201 g/mol. The summed E-state index contributed by atoms with van der Waals surface area (Å²) in [6.45, 7) is 5.26. The van der Waals surface area contributed by atoms with Gasteiger partial charge in [0, 0.05) is 25.1 Å². The van der Waals surface area contributed by atoms with Gasteiger partial charge in [0.1, 0.15) is 0 Å². The van der Waals surface area contributed by atoms with Crippen molar-refractivity contribution in [2.45, 2.75) is 32.6 Å². The van der Waals surface area contributed by atoms with Gasteiger partial charge in [0.15, 0.2) is 0 Å². The first kappa shape index (κ1) is 12.0. The third-order valence-corrected chi connectivity index (χ3v) is 3.42. The number of likely N-dealkylation sites (N-methyl/N-ethyl adjacent to an activating group) is 1. The quantitative estimate of drug-likeness (QED) is 0.669. The Labute approximate surface area is 86.7 Å². The van der Waals surface area contributed by atoms with Gasteiger partial charge < -0.3 is 15.1 Å². The number of nitrogens with zero attached hydrogens (tertiary/aromatic N) is 1. The van der Waals surface area contributed by atoms with Crippen LogP contribution in [0.5, 0.6) is 0 Å². The molecule has 2 N–H and O–H groups in total. The highest BCUT2D eigenvalue weighted by Crippen LogP contribution is 2.38. The molecule has 84 valence electrons. The van der Waals surface area contributed by atoms with Gasteiger partial charge in [-0.25, -0.2) is 0 Å². The summed E-state index contributed by atoms with van der Waals surface area (Å²) in [5.41, 5.74) is 0.130. The molecular weight excluding hydrogens is 178 g/mol. The van der Waals surface area contributed by atoms with E-state index in [4.69, 9.17) is 5.11 Å². The Hall–Kier alpha value is -0.120. The maximum absolute atomic E-state index is 9.44. The van der Waals surface area contributed by atoms with Crippen LogP contribution >= 0.6 is 0 Å². The Morgan fingerprint density at radius 1 is 1.21 bits per heavy atom. The molecule has 1 saturated carbocycles. The van der Waals surface area contributed by atoms with Crippen LogP contribution < -0.4 is 0 Å². The summed E-state index contributed by atoms with van der Waals surface area (Å²) in [5.74, 6) is 0. The topological polar surface area (TPSA) is 43.7 Å². The molecule has 0 atom stereocenters. The van der Waals surface area contributed by atoms with E-state index in [2.05, 4.69) is 11.8 Å². The van der Waals surface area contributed by atoms with Crippen molar-refractivity contribution in [2.24, 2.45) is 5.41 Å². The van der Waals surface area contributed by atoms with Crippen LogP contribution in [0.2, 0.25) is 0 Å². The van der Waals surface area contributed by atoms with Crippen molar-refractivity contribution in [3.63, 3.8) is 0 Å². The zero-order valence-electron chi connectivity index (χ0n) is 9.21. The van der Waals surface area contributed by atoms with Gasteiger partial charge >= 0.3 is 0 Å². The number of aliphatic hydroxyl groups is 2. The standard InChI is InChI=1S/C11H23NO2/c1-2-12(7-8-13)9-11(10-14)5-3-4-6-11/h13-14H,2-10H2,1H3. The summed E-state index contributed by atoms with van der Waals surface area (Å²) in [6, 6.07) is 0. The van der Waals surface area contributed by atoms with Gasteiger partial charge in [-0.2, -0.15) is 0 Å². The Morgan fingerprint density at radius 2 is 1.86 bits per heavy atom. The van der Waals surface area contributed by atoms with E-state index in [1.54, 1.807) is 0 Å². The summed E-state index contributed by atoms with van der Waals surface area (Å²) in [4.78, 5) is 2.24. The molecule has 0 aliphatic heterocycles. The lowest BCUT2D eigenvalue weighted by Crippen LogP contribution is -2.39. The Morgan fingerprint density at radius 3 is 2.29 bits per heavy atom.